The summed E-state index contributed by atoms with van der Waals surface area (Å²) in [7, 11) is 0. The van der Waals surface area contributed by atoms with E-state index in [1.54, 1.807) is 29.2 Å². The molecule has 0 aliphatic carbocycles. The van der Waals surface area contributed by atoms with Crippen molar-refractivity contribution in [2.75, 3.05) is 11.9 Å². The SMILES string of the molecule is O=C(Nc1cc(Cl)ccc1Cl)C1CC(=O)N(Cc2ccccc2Cl)C1. The lowest BCUT2D eigenvalue weighted by Crippen LogP contribution is -2.28. The van der Waals surface area contributed by atoms with Crippen LogP contribution in [0.1, 0.15) is 12.0 Å². The van der Waals surface area contributed by atoms with Gasteiger partial charge in [0, 0.05) is 29.6 Å². The first-order chi connectivity index (χ1) is 11.9. The highest BCUT2D eigenvalue weighted by molar-refractivity contribution is 6.35. The summed E-state index contributed by atoms with van der Waals surface area (Å²) in [5, 5.41) is 4.23. The summed E-state index contributed by atoms with van der Waals surface area (Å²) in [6.45, 7) is 0.730. The number of carbonyl (C=O) groups excluding carboxylic acids is 2. The molecule has 0 aromatic heterocycles. The van der Waals surface area contributed by atoms with Crippen molar-refractivity contribution in [3.63, 3.8) is 0 Å². The Morgan fingerprint density at radius 1 is 1.12 bits per heavy atom. The van der Waals surface area contributed by atoms with Crippen LogP contribution in [-0.4, -0.2) is 23.3 Å². The minimum absolute atomic E-state index is 0.0720. The molecule has 130 valence electrons. The first kappa shape index (κ1) is 18.1. The van der Waals surface area contributed by atoms with Crippen LogP contribution in [0.2, 0.25) is 15.1 Å². The van der Waals surface area contributed by atoms with E-state index in [2.05, 4.69) is 5.32 Å². The van der Waals surface area contributed by atoms with E-state index in [1.165, 1.54) is 0 Å². The number of carbonyl (C=O) groups is 2. The first-order valence-corrected chi connectivity index (χ1v) is 8.84. The van der Waals surface area contributed by atoms with Crippen LogP contribution in [0.15, 0.2) is 42.5 Å². The minimum Gasteiger partial charge on any atom is -0.337 e. The molecule has 1 N–H and O–H groups in total. The van der Waals surface area contributed by atoms with Gasteiger partial charge in [0.2, 0.25) is 11.8 Å². The maximum Gasteiger partial charge on any atom is 0.229 e. The summed E-state index contributed by atoms with van der Waals surface area (Å²) in [5.41, 5.74) is 1.30. The first-order valence-electron chi connectivity index (χ1n) is 7.71. The second kappa shape index (κ2) is 7.65. The van der Waals surface area contributed by atoms with Gasteiger partial charge >= 0.3 is 0 Å². The van der Waals surface area contributed by atoms with Gasteiger partial charge in [-0.15, -0.1) is 0 Å². The number of nitrogens with zero attached hydrogens (tertiary/aromatic N) is 1. The summed E-state index contributed by atoms with van der Waals surface area (Å²) in [6.07, 6.45) is 0.161. The third kappa shape index (κ3) is 4.27. The van der Waals surface area contributed by atoms with Gasteiger partial charge in [-0.1, -0.05) is 53.0 Å². The Kier molecular flexibility index (Phi) is 5.52. The highest BCUT2D eigenvalue weighted by Crippen LogP contribution is 2.28. The average Bonchev–Trinajstić information content (AvgIpc) is 2.94. The lowest BCUT2D eigenvalue weighted by atomic mass is 10.1. The molecule has 3 rings (SSSR count). The number of rotatable bonds is 4. The zero-order valence-corrected chi connectivity index (χ0v) is 15.4. The van der Waals surface area contributed by atoms with E-state index in [1.807, 2.05) is 18.2 Å². The average molecular weight is 398 g/mol. The number of hydrogen-bond donors (Lipinski definition) is 1. The van der Waals surface area contributed by atoms with Crippen molar-refractivity contribution in [3.8, 4) is 0 Å². The van der Waals surface area contributed by atoms with Crippen molar-refractivity contribution in [2.24, 2.45) is 5.92 Å². The number of hydrogen-bond acceptors (Lipinski definition) is 2. The fraction of sp³-hybridized carbons (Fsp3) is 0.222. The van der Waals surface area contributed by atoms with Crippen molar-refractivity contribution in [1.82, 2.24) is 4.90 Å². The topological polar surface area (TPSA) is 49.4 Å². The van der Waals surface area contributed by atoms with Crippen LogP contribution in [0.25, 0.3) is 0 Å². The van der Waals surface area contributed by atoms with Gasteiger partial charge in [-0.2, -0.15) is 0 Å². The highest BCUT2D eigenvalue weighted by Gasteiger charge is 2.34. The van der Waals surface area contributed by atoms with Crippen LogP contribution < -0.4 is 5.32 Å². The maximum absolute atomic E-state index is 12.5. The molecule has 1 atom stereocenters. The Hall–Kier alpha value is -1.75. The fourth-order valence-electron chi connectivity index (χ4n) is 2.76. The van der Waals surface area contributed by atoms with E-state index in [9.17, 15) is 9.59 Å². The van der Waals surface area contributed by atoms with Crippen molar-refractivity contribution in [3.05, 3.63) is 63.1 Å². The van der Waals surface area contributed by atoms with Gasteiger partial charge in [0.1, 0.15) is 0 Å². The molecule has 0 spiro atoms. The lowest BCUT2D eigenvalue weighted by Gasteiger charge is -2.17. The minimum atomic E-state index is -0.440. The molecule has 0 saturated carbocycles. The zero-order chi connectivity index (χ0) is 18.0. The van der Waals surface area contributed by atoms with E-state index in [4.69, 9.17) is 34.8 Å². The van der Waals surface area contributed by atoms with Crippen LogP contribution in [-0.2, 0) is 16.1 Å². The molecule has 0 bridgehead atoms. The quantitative estimate of drug-likeness (QED) is 0.817. The molecule has 1 aliphatic heterocycles. The smallest absolute Gasteiger partial charge is 0.229 e. The van der Waals surface area contributed by atoms with Gasteiger partial charge in [0.15, 0.2) is 0 Å². The standard InChI is InChI=1S/C18H15Cl3N2O2/c19-13-5-6-15(21)16(8-13)22-18(25)12-7-17(24)23(10-12)9-11-3-1-2-4-14(11)20/h1-6,8,12H,7,9-10H2,(H,22,25). The van der Waals surface area contributed by atoms with E-state index < -0.39 is 5.92 Å². The van der Waals surface area contributed by atoms with Gasteiger partial charge in [-0.25, -0.2) is 0 Å². The van der Waals surface area contributed by atoms with Crippen LogP contribution in [0, 0.1) is 5.92 Å². The predicted molar refractivity (Wildman–Crippen MR) is 100 cm³/mol. The summed E-state index contributed by atoms with van der Waals surface area (Å²) < 4.78 is 0. The third-order valence-electron chi connectivity index (χ3n) is 4.09. The summed E-state index contributed by atoms with van der Waals surface area (Å²) in [6, 6.07) is 12.2. The van der Waals surface area contributed by atoms with E-state index in [0.29, 0.717) is 33.8 Å². The molecule has 2 aromatic rings. The molecular formula is C18H15Cl3N2O2. The zero-order valence-electron chi connectivity index (χ0n) is 13.1. The highest BCUT2D eigenvalue weighted by atomic mass is 35.5. The normalized spacial score (nSPS) is 17.0. The third-order valence-corrected chi connectivity index (χ3v) is 5.02. The predicted octanol–water partition coefficient (Wildman–Crippen LogP) is 4.63. The Bertz CT molecular complexity index is 826. The van der Waals surface area contributed by atoms with Crippen LogP contribution in [0.4, 0.5) is 5.69 Å². The molecule has 1 heterocycles. The summed E-state index contributed by atoms with van der Waals surface area (Å²) >= 11 is 18.1. The van der Waals surface area contributed by atoms with E-state index in [-0.39, 0.29) is 18.2 Å². The molecule has 2 aromatic carbocycles. The Labute approximate surface area is 160 Å². The number of likely N-dealkylation sites (tertiary alicyclic amines) is 1. The van der Waals surface area contributed by atoms with Gasteiger partial charge in [-0.05, 0) is 29.8 Å². The Morgan fingerprint density at radius 3 is 2.64 bits per heavy atom. The fourth-order valence-corrected chi connectivity index (χ4v) is 3.29. The second-order valence-corrected chi connectivity index (χ2v) is 7.13. The second-order valence-electron chi connectivity index (χ2n) is 5.88. The maximum atomic E-state index is 12.5. The number of anilines is 1. The molecule has 7 heteroatoms. The number of nitrogens with one attached hydrogen (secondary N) is 1. The largest absolute Gasteiger partial charge is 0.337 e. The molecule has 25 heavy (non-hydrogen) atoms. The molecule has 1 fully saturated rings. The number of halogens is 3. The molecule has 0 radical (unpaired) electrons. The molecule has 4 nitrogen and oxygen atoms in total. The molecule has 1 unspecified atom stereocenters. The van der Waals surface area contributed by atoms with Crippen molar-refractivity contribution < 1.29 is 9.59 Å². The monoisotopic (exact) mass is 396 g/mol. The molecule has 1 saturated heterocycles. The molecule has 2 amide bonds. The van der Waals surface area contributed by atoms with Gasteiger partial charge in [-0.3, -0.25) is 9.59 Å². The molecule has 1 aliphatic rings. The van der Waals surface area contributed by atoms with Gasteiger partial charge in [0.25, 0.3) is 0 Å². The van der Waals surface area contributed by atoms with Crippen LogP contribution in [0.5, 0.6) is 0 Å². The van der Waals surface area contributed by atoms with Crippen molar-refractivity contribution in [2.45, 2.75) is 13.0 Å². The van der Waals surface area contributed by atoms with E-state index >= 15 is 0 Å². The van der Waals surface area contributed by atoms with Gasteiger partial charge < -0.3 is 10.2 Å². The van der Waals surface area contributed by atoms with Crippen molar-refractivity contribution in [1.29, 1.82) is 0 Å². The number of benzene rings is 2. The van der Waals surface area contributed by atoms with Gasteiger partial charge in [0.05, 0.1) is 16.6 Å². The Balaban J connectivity index is 1.66. The lowest BCUT2D eigenvalue weighted by molar-refractivity contribution is -0.128. The van der Waals surface area contributed by atoms with E-state index in [0.717, 1.165) is 5.56 Å². The Morgan fingerprint density at radius 2 is 1.88 bits per heavy atom. The number of amides is 2. The molecular weight excluding hydrogens is 383 g/mol. The van der Waals surface area contributed by atoms with Crippen LogP contribution in [0.3, 0.4) is 0 Å². The van der Waals surface area contributed by atoms with Crippen molar-refractivity contribution >= 4 is 52.3 Å². The summed E-state index contributed by atoms with van der Waals surface area (Å²) in [4.78, 5) is 26.3. The summed E-state index contributed by atoms with van der Waals surface area (Å²) in [5.74, 6) is -0.763. The van der Waals surface area contributed by atoms with Crippen LogP contribution >= 0.6 is 34.8 Å².